The third-order valence-corrected chi connectivity index (χ3v) is 9.45. The second-order valence-electron chi connectivity index (χ2n) is 12.9. The molecule has 0 aromatic heterocycles. The second kappa shape index (κ2) is 12.0. The number of ether oxygens (including phenoxy) is 5. The van der Waals surface area contributed by atoms with E-state index in [1.807, 2.05) is 0 Å². The molecule has 2 aromatic rings. The average molecular weight is 663 g/mol. The van der Waals surface area contributed by atoms with Crippen molar-refractivity contribution in [2.24, 2.45) is 0 Å². The molecule has 47 heavy (non-hydrogen) atoms. The smallest absolute Gasteiger partial charge is 0.229 e. The van der Waals surface area contributed by atoms with Gasteiger partial charge in [-0.2, -0.15) is 0 Å². The van der Waals surface area contributed by atoms with Gasteiger partial charge in [-0.05, 0) is 26.8 Å². The first-order valence-corrected chi connectivity index (χ1v) is 15.2. The van der Waals surface area contributed by atoms with Crippen LogP contribution in [0.2, 0.25) is 0 Å². The van der Waals surface area contributed by atoms with Gasteiger partial charge in [-0.1, -0.05) is 12.1 Å². The Morgan fingerprint density at radius 2 is 1.45 bits per heavy atom. The van der Waals surface area contributed by atoms with E-state index in [9.17, 15) is 50.4 Å². The molecular weight excluding hydrogens is 624 g/mol. The molecule has 256 valence electrons. The van der Waals surface area contributed by atoms with E-state index in [0.29, 0.717) is 0 Å². The summed E-state index contributed by atoms with van der Waals surface area (Å²) in [5.74, 6) is -3.38. The normalized spacial score (nSPS) is 38.4. The first-order chi connectivity index (χ1) is 22.1. The van der Waals surface area contributed by atoms with Gasteiger partial charge in [0.15, 0.2) is 12.1 Å². The molecule has 4 aliphatic rings. The number of carbonyl (C=O) groups excluding carboxylic acids is 2. The molecule has 8 N–H and O–H groups in total. The van der Waals surface area contributed by atoms with E-state index in [0.717, 1.165) is 0 Å². The Morgan fingerprint density at radius 1 is 0.809 bits per heavy atom. The molecule has 0 radical (unpaired) electrons. The standard InChI is InChI=1S/C32H38O15/c1-10-20(33)26(39)27(40)30(44-10)46-14-7-5-6-12-16(14)24(37)19-18(22(12)35)23(36)13-8-32(3,42)9-15(17(13)25(19)38)47-31-28(41)29(43-4)21(34)11(2)45-31/h5-7,10-11,15,20-21,26-31,33-34,36,38-42H,8-9H2,1-4H3/t10-,11-,15?,20-,21-,26+,27+,28+,29+,30-,31-,32?/m0/s1. The van der Waals surface area contributed by atoms with Crippen molar-refractivity contribution in [2.75, 3.05) is 7.11 Å². The van der Waals surface area contributed by atoms with Gasteiger partial charge in [0.25, 0.3) is 0 Å². The predicted octanol–water partition coefficient (Wildman–Crippen LogP) is -0.684. The van der Waals surface area contributed by atoms with Crippen molar-refractivity contribution >= 4 is 11.6 Å². The summed E-state index contributed by atoms with van der Waals surface area (Å²) in [6, 6.07) is 4.01. The molecule has 2 unspecified atom stereocenters. The number of methoxy groups -OCH3 is 1. The summed E-state index contributed by atoms with van der Waals surface area (Å²) in [5, 5.41) is 86.5. The van der Waals surface area contributed by atoms with E-state index in [2.05, 4.69) is 0 Å². The van der Waals surface area contributed by atoms with Crippen LogP contribution >= 0.6 is 0 Å². The van der Waals surface area contributed by atoms with Crippen molar-refractivity contribution in [2.45, 2.75) is 107 Å². The number of benzene rings is 2. The van der Waals surface area contributed by atoms with Gasteiger partial charge in [-0.3, -0.25) is 9.59 Å². The fraction of sp³-hybridized carbons (Fsp3) is 0.562. The zero-order valence-corrected chi connectivity index (χ0v) is 25.9. The zero-order valence-electron chi connectivity index (χ0n) is 25.9. The van der Waals surface area contributed by atoms with Crippen LogP contribution in [-0.4, -0.2) is 127 Å². The van der Waals surface area contributed by atoms with Crippen molar-refractivity contribution < 1.29 is 74.1 Å². The van der Waals surface area contributed by atoms with Gasteiger partial charge in [0.05, 0.1) is 40.6 Å². The minimum Gasteiger partial charge on any atom is -0.507 e. The van der Waals surface area contributed by atoms with Gasteiger partial charge < -0.3 is 64.5 Å². The molecule has 2 fully saturated rings. The average Bonchev–Trinajstić information content (AvgIpc) is 3.01. The van der Waals surface area contributed by atoms with Gasteiger partial charge in [0, 0.05) is 36.6 Å². The lowest BCUT2D eigenvalue weighted by molar-refractivity contribution is -0.311. The number of rotatable bonds is 5. The third-order valence-electron chi connectivity index (χ3n) is 9.45. The fourth-order valence-electron chi connectivity index (χ4n) is 6.93. The summed E-state index contributed by atoms with van der Waals surface area (Å²) in [6.07, 6.45) is -15.1. The van der Waals surface area contributed by atoms with Crippen LogP contribution in [0.3, 0.4) is 0 Å². The number of fused-ring (bicyclic) bond motifs is 3. The lowest BCUT2D eigenvalue weighted by Gasteiger charge is -2.44. The number of aliphatic hydroxyl groups is 6. The minimum absolute atomic E-state index is 0.0542. The molecular formula is C32H38O15. The summed E-state index contributed by atoms with van der Waals surface area (Å²) in [6.45, 7) is 4.43. The van der Waals surface area contributed by atoms with E-state index in [1.54, 1.807) is 0 Å². The number of ketones is 2. The lowest BCUT2D eigenvalue weighted by Crippen LogP contribution is -2.58. The largest absolute Gasteiger partial charge is 0.507 e. The number of hydrogen-bond acceptors (Lipinski definition) is 15. The van der Waals surface area contributed by atoms with Gasteiger partial charge in [-0.25, -0.2) is 0 Å². The minimum atomic E-state index is -1.73. The number of carbonyl (C=O) groups is 2. The fourth-order valence-corrected chi connectivity index (χ4v) is 6.93. The van der Waals surface area contributed by atoms with E-state index in [1.165, 1.54) is 46.1 Å². The number of phenolic OH excluding ortho intramolecular Hbond substituents is 2. The number of hydrogen-bond donors (Lipinski definition) is 8. The third kappa shape index (κ3) is 5.40. The zero-order chi connectivity index (χ0) is 34.3. The van der Waals surface area contributed by atoms with Crippen LogP contribution in [0.4, 0.5) is 0 Å². The van der Waals surface area contributed by atoms with Crippen LogP contribution < -0.4 is 4.74 Å². The molecule has 15 heteroatoms. The maximum atomic E-state index is 14.2. The van der Waals surface area contributed by atoms with Crippen LogP contribution in [0.1, 0.15) is 76.3 Å². The van der Waals surface area contributed by atoms with Crippen LogP contribution in [0, 0.1) is 0 Å². The van der Waals surface area contributed by atoms with E-state index in [4.69, 9.17) is 23.7 Å². The molecule has 2 heterocycles. The number of phenols is 2. The maximum absolute atomic E-state index is 14.2. The van der Waals surface area contributed by atoms with Crippen molar-refractivity contribution in [3.8, 4) is 17.2 Å². The summed E-state index contributed by atoms with van der Waals surface area (Å²) >= 11 is 0. The Morgan fingerprint density at radius 3 is 2.13 bits per heavy atom. The predicted molar refractivity (Wildman–Crippen MR) is 156 cm³/mol. The molecule has 0 bridgehead atoms. The Labute approximate surface area is 268 Å². The van der Waals surface area contributed by atoms with Crippen molar-refractivity contribution in [3.05, 3.63) is 51.6 Å². The van der Waals surface area contributed by atoms with E-state index < -0.39 is 107 Å². The molecule has 0 spiro atoms. The molecule has 0 saturated carbocycles. The van der Waals surface area contributed by atoms with Gasteiger partial charge in [0.1, 0.15) is 53.9 Å². The van der Waals surface area contributed by atoms with Crippen molar-refractivity contribution in [1.82, 2.24) is 0 Å². The molecule has 2 aromatic carbocycles. The highest BCUT2D eigenvalue weighted by Crippen LogP contribution is 2.52. The van der Waals surface area contributed by atoms with Gasteiger partial charge in [-0.15, -0.1) is 0 Å². The maximum Gasteiger partial charge on any atom is 0.229 e. The Bertz CT molecular complexity index is 1590. The van der Waals surface area contributed by atoms with Crippen molar-refractivity contribution in [1.29, 1.82) is 0 Å². The van der Waals surface area contributed by atoms with Gasteiger partial charge in [0.2, 0.25) is 12.1 Å². The topological polar surface area (TPSA) is 242 Å². The number of aromatic hydroxyl groups is 2. The number of aliphatic hydroxyl groups excluding tert-OH is 5. The Balaban J connectivity index is 1.42. The van der Waals surface area contributed by atoms with E-state index in [-0.39, 0.29) is 40.8 Å². The van der Waals surface area contributed by atoms with Crippen LogP contribution in [0.15, 0.2) is 18.2 Å². The second-order valence-corrected chi connectivity index (χ2v) is 12.9. The molecule has 15 nitrogen and oxygen atoms in total. The monoisotopic (exact) mass is 662 g/mol. The van der Waals surface area contributed by atoms with Crippen LogP contribution in [0.25, 0.3) is 0 Å². The first-order valence-electron chi connectivity index (χ1n) is 15.2. The summed E-state index contributed by atoms with van der Waals surface area (Å²) in [5.41, 5.74) is -3.29. The Kier molecular flexibility index (Phi) is 8.62. The van der Waals surface area contributed by atoms with E-state index >= 15 is 0 Å². The van der Waals surface area contributed by atoms with Crippen LogP contribution in [-0.2, 0) is 25.4 Å². The molecule has 6 rings (SSSR count). The highest BCUT2D eigenvalue weighted by molar-refractivity contribution is 6.31. The first kappa shape index (κ1) is 33.7. The quantitative estimate of drug-likeness (QED) is 0.158. The SMILES string of the molecule is CO[C@@H]1[C@@H](O)[C@H](C)O[C@@H](OC2CC(C)(O)Cc3c(O)c4c(c(O)c32)C(=O)c2c(O[C@@H]3O[C@@H](C)[C@H](O)[C@@H](O)[C@H]3O)cccc2C4=O)[C@@H]1O. The highest BCUT2D eigenvalue weighted by atomic mass is 16.7. The Hall–Kier alpha value is -3.22. The van der Waals surface area contributed by atoms with Gasteiger partial charge >= 0.3 is 0 Å². The van der Waals surface area contributed by atoms with Crippen molar-refractivity contribution in [3.63, 3.8) is 0 Å². The van der Waals surface area contributed by atoms with Crippen LogP contribution in [0.5, 0.6) is 17.2 Å². The lowest BCUT2D eigenvalue weighted by atomic mass is 9.73. The summed E-state index contributed by atoms with van der Waals surface area (Å²) in [7, 11) is 1.29. The molecule has 0 amide bonds. The molecule has 2 saturated heterocycles. The summed E-state index contributed by atoms with van der Waals surface area (Å²) in [4.78, 5) is 28.1. The molecule has 2 aliphatic carbocycles. The molecule has 12 atom stereocenters. The summed E-state index contributed by atoms with van der Waals surface area (Å²) < 4.78 is 28.3. The molecule has 2 aliphatic heterocycles. The highest BCUT2D eigenvalue weighted by Gasteiger charge is 2.50.